The van der Waals surface area contributed by atoms with E-state index in [0.717, 1.165) is 22.6 Å². The average Bonchev–Trinajstić information content (AvgIpc) is 3.17. The number of benzene rings is 3. The first-order chi connectivity index (χ1) is 15.6. The third-order valence-corrected chi connectivity index (χ3v) is 6.43. The second kappa shape index (κ2) is 10.3. The monoisotopic (exact) mass is 511 g/mol. The molecule has 1 aromatic heterocycles. The van der Waals surface area contributed by atoms with Gasteiger partial charge in [-0.3, -0.25) is 4.79 Å². The minimum absolute atomic E-state index is 0.148. The number of amides is 1. The molecule has 0 saturated heterocycles. The fraction of sp³-hybridized carbons (Fsp3) is 0.200. The maximum absolute atomic E-state index is 14.7. The fourth-order valence-electron chi connectivity index (χ4n) is 3.68. The van der Waals surface area contributed by atoms with E-state index in [1.807, 2.05) is 59.4 Å². The molecule has 0 aliphatic carbocycles. The molecule has 0 unspecified atom stereocenters. The highest BCUT2D eigenvalue weighted by molar-refractivity contribution is 9.10. The molecule has 0 aliphatic heterocycles. The standard InChI is InChI=1S/C25H23BrFN3OS/c1-32-14-13-22(29-25(31)17-7-3-2-4-8-17)24-28-21-9-5-6-10-23(21)30(24)16-18-11-12-19(26)15-20(18)27/h2-12,15,22H,13-14,16H2,1H3,(H,29,31)/t22-/m1/s1. The van der Waals surface area contributed by atoms with Crippen molar-refractivity contribution in [2.24, 2.45) is 0 Å². The Hall–Kier alpha value is -2.64. The molecule has 0 aliphatic rings. The van der Waals surface area contributed by atoms with Crippen LogP contribution in [-0.2, 0) is 6.54 Å². The van der Waals surface area contributed by atoms with Gasteiger partial charge in [-0.15, -0.1) is 0 Å². The number of rotatable bonds is 8. The minimum atomic E-state index is -0.305. The largest absolute Gasteiger partial charge is 0.342 e. The topological polar surface area (TPSA) is 46.9 Å². The molecule has 0 bridgehead atoms. The number of halogens is 2. The van der Waals surface area contributed by atoms with Crippen LogP contribution in [0.5, 0.6) is 0 Å². The Morgan fingerprint density at radius 1 is 1.12 bits per heavy atom. The fourth-order valence-corrected chi connectivity index (χ4v) is 4.48. The summed E-state index contributed by atoms with van der Waals surface area (Å²) in [6.07, 6.45) is 2.75. The number of hydrogen-bond acceptors (Lipinski definition) is 3. The molecule has 1 N–H and O–H groups in total. The van der Waals surface area contributed by atoms with Gasteiger partial charge in [-0.1, -0.05) is 52.3 Å². The van der Waals surface area contributed by atoms with Gasteiger partial charge in [-0.25, -0.2) is 9.37 Å². The first-order valence-electron chi connectivity index (χ1n) is 10.3. The van der Waals surface area contributed by atoms with Crippen molar-refractivity contribution in [2.75, 3.05) is 12.0 Å². The van der Waals surface area contributed by atoms with Crippen LogP contribution in [0.25, 0.3) is 11.0 Å². The third kappa shape index (κ3) is 5.05. The number of imidazole rings is 1. The van der Waals surface area contributed by atoms with Crippen LogP contribution in [-0.4, -0.2) is 27.5 Å². The quantitative estimate of drug-likeness (QED) is 0.305. The van der Waals surface area contributed by atoms with Crippen LogP contribution in [0.1, 0.15) is 34.2 Å². The number of fused-ring (bicyclic) bond motifs is 1. The van der Waals surface area contributed by atoms with Gasteiger partial charge in [0.15, 0.2) is 0 Å². The number of nitrogens with zero attached hydrogens (tertiary/aromatic N) is 2. The Morgan fingerprint density at radius 2 is 1.88 bits per heavy atom. The van der Waals surface area contributed by atoms with Gasteiger partial charge in [-0.2, -0.15) is 11.8 Å². The zero-order valence-corrected chi connectivity index (χ0v) is 20.0. The van der Waals surface area contributed by atoms with E-state index in [2.05, 4.69) is 21.2 Å². The summed E-state index contributed by atoms with van der Waals surface area (Å²) in [5.74, 6) is 1.16. The Morgan fingerprint density at radius 3 is 2.62 bits per heavy atom. The van der Waals surface area contributed by atoms with Crippen LogP contribution < -0.4 is 5.32 Å². The van der Waals surface area contributed by atoms with Gasteiger partial charge in [0.25, 0.3) is 5.91 Å². The first kappa shape index (κ1) is 22.6. The van der Waals surface area contributed by atoms with E-state index in [9.17, 15) is 9.18 Å². The number of carbonyl (C=O) groups excluding carboxylic acids is 1. The normalized spacial score (nSPS) is 12.1. The lowest BCUT2D eigenvalue weighted by Gasteiger charge is -2.20. The Kier molecular flexibility index (Phi) is 7.27. The highest BCUT2D eigenvalue weighted by atomic mass is 79.9. The van der Waals surface area contributed by atoms with E-state index in [0.29, 0.717) is 28.6 Å². The summed E-state index contributed by atoms with van der Waals surface area (Å²) in [5.41, 5.74) is 2.90. The molecular weight excluding hydrogens is 489 g/mol. The van der Waals surface area contributed by atoms with Crippen LogP contribution in [0.4, 0.5) is 4.39 Å². The molecule has 164 valence electrons. The van der Waals surface area contributed by atoms with Crippen molar-refractivity contribution < 1.29 is 9.18 Å². The summed E-state index contributed by atoms with van der Waals surface area (Å²) in [6.45, 7) is 0.325. The van der Waals surface area contributed by atoms with Crippen molar-refractivity contribution >= 4 is 44.6 Å². The van der Waals surface area contributed by atoms with Gasteiger partial charge < -0.3 is 9.88 Å². The number of carbonyl (C=O) groups is 1. The summed E-state index contributed by atoms with van der Waals surface area (Å²) < 4.78 is 17.4. The van der Waals surface area contributed by atoms with E-state index in [1.165, 1.54) is 6.07 Å². The molecule has 1 atom stereocenters. The van der Waals surface area contributed by atoms with Gasteiger partial charge in [-0.05, 0) is 54.8 Å². The molecule has 3 aromatic carbocycles. The van der Waals surface area contributed by atoms with Gasteiger partial charge in [0.1, 0.15) is 11.6 Å². The van der Waals surface area contributed by atoms with Crippen molar-refractivity contribution in [1.82, 2.24) is 14.9 Å². The second-order valence-electron chi connectivity index (χ2n) is 7.45. The van der Waals surface area contributed by atoms with E-state index >= 15 is 0 Å². The van der Waals surface area contributed by atoms with E-state index in [4.69, 9.17) is 4.98 Å². The van der Waals surface area contributed by atoms with E-state index < -0.39 is 0 Å². The van der Waals surface area contributed by atoms with Crippen LogP contribution in [0.2, 0.25) is 0 Å². The van der Waals surface area contributed by atoms with Crippen molar-refractivity contribution in [1.29, 1.82) is 0 Å². The predicted octanol–water partition coefficient (Wildman–Crippen LogP) is 6.21. The summed E-state index contributed by atoms with van der Waals surface area (Å²) in [7, 11) is 0. The van der Waals surface area contributed by atoms with Gasteiger partial charge in [0.05, 0.1) is 23.6 Å². The van der Waals surface area contributed by atoms with Crippen molar-refractivity contribution in [3.05, 3.63) is 100 Å². The highest BCUT2D eigenvalue weighted by Gasteiger charge is 2.23. The van der Waals surface area contributed by atoms with Gasteiger partial charge in [0.2, 0.25) is 0 Å². The number of nitrogens with one attached hydrogen (secondary N) is 1. The average molecular weight is 512 g/mol. The van der Waals surface area contributed by atoms with Crippen molar-refractivity contribution in [2.45, 2.75) is 19.0 Å². The molecule has 1 amide bonds. The lowest BCUT2D eigenvalue weighted by Crippen LogP contribution is -2.31. The Bertz CT molecular complexity index is 1230. The summed E-state index contributed by atoms with van der Waals surface area (Å²) in [5, 5.41) is 3.16. The molecule has 7 heteroatoms. The Balaban J connectivity index is 1.75. The molecule has 0 radical (unpaired) electrons. The van der Waals surface area contributed by atoms with E-state index in [-0.39, 0.29) is 17.8 Å². The zero-order valence-electron chi connectivity index (χ0n) is 17.6. The molecule has 0 saturated carbocycles. The molecule has 4 rings (SSSR count). The molecule has 32 heavy (non-hydrogen) atoms. The molecule has 4 nitrogen and oxygen atoms in total. The van der Waals surface area contributed by atoms with Crippen LogP contribution in [0.3, 0.4) is 0 Å². The zero-order chi connectivity index (χ0) is 22.5. The van der Waals surface area contributed by atoms with Gasteiger partial charge in [0, 0.05) is 15.6 Å². The Labute approximate surface area is 199 Å². The second-order valence-corrected chi connectivity index (χ2v) is 9.36. The van der Waals surface area contributed by atoms with Crippen LogP contribution in [0, 0.1) is 5.82 Å². The number of para-hydroxylation sites is 2. The predicted molar refractivity (Wildman–Crippen MR) is 133 cm³/mol. The van der Waals surface area contributed by atoms with Crippen molar-refractivity contribution in [3.8, 4) is 0 Å². The number of hydrogen-bond donors (Lipinski definition) is 1. The summed E-state index contributed by atoms with van der Waals surface area (Å²) in [4.78, 5) is 17.8. The minimum Gasteiger partial charge on any atom is -0.342 e. The maximum atomic E-state index is 14.7. The SMILES string of the molecule is CSCC[C@@H](NC(=O)c1ccccc1)c1nc2ccccc2n1Cc1ccc(Br)cc1F. The molecule has 0 fully saturated rings. The molecule has 4 aromatic rings. The van der Waals surface area contributed by atoms with Crippen LogP contribution >= 0.6 is 27.7 Å². The highest BCUT2D eigenvalue weighted by Crippen LogP contribution is 2.27. The first-order valence-corrected chi connectivity index (χ1v) is 12.5. The summed E-state index contributed by atoms with van der Waals surface area (Å²) >= 11 is 5.04. The van der Waals surface area contributed by atoms with E-state index in [1.54, 1.807) is 30.0 Å². The lowest BCUT2D eigenvalue weighted by atomic mass is 10.1. The molecule has 0 spiro atoms. The van der Waals surface area contributed by atoms with Gasteiger partial charge >= 0.3 is 0 Å². The number of aromatic nitrogens is 2. The lowest BCUT2D eigenvalue weighted by molar-refractivity contribution is 0.0933. The summed E-state index contributed by atoms with van der Waals surface area (Å²) in [6, 6.07) is 21.7. The smallest absolute Gasteiger partial charge is 0.251 e. The molecular formula is C25H23BrFN3OS. The third-order valence-electron chi connectivity index (χ3n) is 5.29. The molecule has 1 heterocycles. The number of thioether (sulfide) groups is 1. The maximum Gasteiger partial charge on any atom is 0.251 e. The van der Waals surface area contributed by atoms with Crippen LogP contribution in [0.15, 0.2) is 77.3 Å². The van der Waals surface area contributed by atoms with Crippen molar-refractivity contribution in [3.63, 3.8) is 0 Å².